The highest BCUT2D eigenvalue weighted by Gasteiger charge is 2.40. The molecule has 16 heteroatoms. The SMILES string of the molecule is CCC1CC(Nc2cccc3c(CC(F)(F)F)c(-c4noc(CNC(=O)c5cn(CC(C)(C)O)nc5OC)n4)sc23)C(F)C(CC)N1C. The number of amides is 1. The highest BCUT2D eigenvalue weighted by molar-refractivity contribution is 7.23. The molecule has 3 aromatic heterocycles. The predicted molar refractivity (Wildman–Crippen MR) is 174 cm³/mol. The molecular formula is C32H41F4N7O4S. The number of alkyl halides is 4. The summed E-state index contributed by atoms with van der Waals surface area (Å²) in [6.45, 7) is 7.10. The van der Waals surface area contributed by atoms with Gasteiger partial charge >= 0.3 is 6.18 Å². The number of benzene rings is 1. The molecule has 0 radical (unpaired) electrons. The number of thiophene rings is 1. The van der Waals surface area contributed by atoms with Crippen LogP contribution in [0.4, 0.5) is 23.2 Å². The second-order valence-electron chi connectivity index (χ2n) is 12.8. The Labute approximate surface area is 279 Å². The van der Waals surface area contributed by atoms with Gasteiger partial charge < -0.3 is 25.0 Å². The van der Waals surface area contributed by atoms with E-state index in [0.29, 0.717) is 28.6 Å². The van der Waals surface area contributed by atoms with Crippen LogP contribution < -0.4 is 15.4 Å². The van der Waals surface area contributed by atoms with Gasteiger partial charge in [-0.15, -0.1) is 16.4 Å². The number of piperidine rings is 1. The lowest BCUT2D eigenvalue weighted by Gasteiger charge is -2.45. The van der Waals surface area contributed by atoms with Crippen LogP contribution in [-0.4, -0.2) is 86.1 Å². The first-order valence-electron chi connectivity index (χ1n) is 15.8. The molecular weight excluding hydrogens is 654 g/mol. The number of fused-ring (bicyclic) bond motifs is 1. The number of nitrogens with zero attached hydrogens (tertiary/aromatic N) is 5. The zero-order valence-electron chi connectivity index (χ0n) is 27.7. The summed E-state index contributed by atoms with van der Waals surface area (Å²) in [7, 11) is 3.30. The Morgan fingerprint density at radius 2 is 1.98 bits per heavy atom. The predicted octanol–water partition coefficient (Wildman–Crippen LogP) is 5.97. The zero-order valence-corrected chi connectivity index (χ0v) is 28.5. The minimum Gasteiger partial charge on any atom is -0.479 e. The van der Waals surface area contributed by atoms with Crippen molar-refractivity contribution >= 4 is 33.0 Å². The van der Waals surface area contributed by atoms with Crippen LogP contribution >= 0.6 is 11.3 Å². The van der Waals surface area contributed by atoms with Crippen LogP contribution in [0.15, 0.2) is 28.9 Å². The third-order valence-electron chi connectivity index (χ3n) is 8.59. The molecule has 1 aliphatic rings. The summed E-state index contributed by atoms with van der Waals surface area (Å²) in [5, 5.41) is 24.6. The maximum Gasteiger partial charge on any atom is 0.393 e. The normalized spacial score (nSPS) is 20.7. The van der Waals surface area contributed by atoms with Crippen LogP contribution in [0.3, 0.4) is 0 Å². The van der Waals surface area contributed by atoms with Gasteiger partial charge in [0.05, 0.1) is 53.5 Å². The van der Waals surface area contributed by atoms with Crippen LogP contribution in [0, 0.1) is 0 Å². The van der Waals surface area contributed by atoms with Gasteiger partial charge in [0.1, 0.15) is 11.7 Å². The quantitative estimate of drug-likeness (QED) is 0.154. The standard InChI is InChI=1S/C32H41F4N7O4S/c1-7-17-12-22(25(33)23(8-2)42(17)5)38-21-11-9-10-18-19(13-32(34,35)36)27(48-26(18)21)28-39-24(47-41-28)14-37-29(44)20-15-43(16-31(3,4)45)40-30(20)46-6/h9-11,15,17,22-23,25,38,45H,7-8,12-14,16H2,1-6H3,(H,37,44). The molecule has 3 N–H and O–H groups in total. The lowest BCUT2D eigenvalue weighted by Crippen LogP contribution is -2.57. The van der Waals surface area contributed by atoms with E-state index in [1.54, 1.807) is 32.0 Å². The number of nitrogens with one attached hydrogen (secondary N) is 2. The Balaban J connectivity index is 1.41. The molecule has 4 unspecified atom stereocenters. The molecule has 48 heavy (non-hydrogen) atoms. The number of halogens is 4. The number of aliphatic hydroxyl groups is 1. The van der Waals surface area contributed by atoms with E-state index in [-0.39, 0.29) is 58.8 Å². The number of carbonyl (C=O) groups excluding carboxylic acids is 1. The number of hydrogen-bond acceptors (Lipinski definition) is 10. The van der Waals surface area contributed by atoms with Gasteiger partial charge in [0, 0.05) is 18.3 Å². The van der Waals surface area contributed by atoms with Gasteiger partial charge in [-0.3, -0.25) is 14.4 Å². The Kier molecular flexibility index (Phi) is 10.4. The van der Waals surface area contributed by atoms with E-state index in [2.05, 4.69) is 37.7 Å². The van der Waals surface area contributed by atoms with Gasteiger partial charge in [0.15, 0.2) is 0 Å². The first-order valence-corrected chi connectivity index (χ1v) is 16.6. The van der Waals surface area contributed by atoms with Crippen molar-refractivity contribution in [2.45, 2.75) is 103 Å². The smallest absolute Gasteiger partial charge is 0.393 e. The molecule has 1 aliphatic heterocycles. The number of rotatable bonds is 12. The Hall–Kier alpha value is -3.76. The van der Waals surface area contributed by atoms with Gasteiger partial charge in [-0.05, 0) is 57.2 Å². The number of ether oxygens (including phenoxy) is 1. The van der Waals surface area contributed by atoms with Crippen molar-refractivity contribution in [2.24, 2.45) is 0 Å². The Morgan fingerprint density at radius 1 is 1.23 bits per heavy atom. The molecule has 4 aromatic rings. The monoisotopic (exact) mass is 695 g/mol. The topological polar surface area (TPSA) is 131 Å². The molecule has 0 aliphatic carbocycles. The lowest BCUT2D eigenvalue weighted by molar-refractivity contribution is -0.126. The molecule has 1 fully saturated rings. The zero-order chi connectivity index (χ0) is 35.0. The average molecular weight is 696 g/mol. The van der Waals surface area contributed by atoms with Gasteiger partial charge in [0.25, 0.3) is 5.91 Å². The molecule has 5 rings (SSSR count). The van der Waals surface area contributed by atoms with E-state index in [1.807, 2.05) is 14.0 Å². The Bertz CT molecular complexity index is 1730. The molecule has 1 saturated heterocycles. The molecule has 0 spiro atoms. The summed E-state index contributed by atoms with van der Waals surface area (Å²) in [6.07, 6.45) is -3.45. The van der Waals surface area contributed by atoms with Gasteiger partial charge in [-0.1, -0.05) is 31.1 Å². The molecule has 1 aromatic carbocycles. The maximum absolute atomic E-state index is 15.7. The first kappa shape index (κ1) is 35.5. The van der Waals surface area contributed by atoms with E-state index in [1.165, 1.54) is 18.0 Å². The molecule has 4 atom stereocenters. The number of methoxy groups -OCH3 is 1. The van der Waals surface area contributed by atoms with E-state index in [9.17, 15) is 23.1 Å². The Morgan fingerprint density at radius 3 is 2.62 bits per heavy atom. The maximum atomic E-state index is 15.7. The summed E-state index contributed by atoms with van der Waals surface area (Å²) in [4.78, 5) is 19.5. The van der Waals surface area contributed by atoms with E-state index >= 15 is 4.39 Å². The van der Waals surface area contributed by atoms with Crippen molar-refractivity contribution in [3.63, 3.8) is 0 Å². The van der Waals surface area contributed by atoms with Crippen LogP contribution in [0.5, 0.6) is 5.88 Å². The van der Waals surface area contributed by atoms with Gasteiger partial charge in [-0.25, -0.2) is 4.39 Å². The lowest BCUT2D eigenvalue weighted by atomic mass is 9.87. The second-order valence-corrected chi connectivity index (χ2v) is 13.8. The molecule has 262 valence electrons. The number of carbonyl (C=O) groups is 1. The van der Waals surface area contributed by atoms with Crippen molar-refractivity contribution in [1.82, 2.24) is 30.1 Å². The number of aromatic nitrogens is 4. The molecule has 4 heterocycles. The fraction of sp³-hybridized carbons (Fsp3) is 0.562. The summed E-state index contributed by atoms with van der Waals surface area (Å²) < 4.78 is 69.9. The van der Waals surface area contributed by atoms with Crippen LogP contribution in [0.1, 0.15) is 68.8 Å². The highest BCUT2D eigenvalue weighted by atomic mass is 32.1. The summed E-state index contributed by atoms with van der Waals surface area (Å²) >= 11 is 1.08. The van der Waals surface area contributed by atoms with Gasteiger partial charge in [-0.2, -0.15) is 18.2 Å². The van der Waals surface area contributed by atoms with Crippen molar-refractivity contribution in [1.29, 1.82) is 0 Å². The van der Waals surface area contributed by atoms with E-state index < -0.39 is 36.3 Å². The first-order chi connectivity index (χ1) is 22.6. The van der Waals surface area contributed by atoms with Crippen LogP contribution in [0.25, 0.3) is 20.8 Å². The largest absolute Gasteiger partial charge is 0.479 e. The molecule has 11 nitrogen and oxygen atoms in total. The van der Waals surface area contributed by atoms with Gasteiger partial charge in [0.2, 0.25) is 17.6 Å². The minimum atomic E-state index is -4.53. The van der Waals surface area contributed by atoms with Crippen molar-refractivity contribution in [2.75, 3.05) is 19.5 Å². The van der Waals surface area contributed by atoms with Crippen molar-refractivity contribution in [3.8, 4) is 16.6 Å². The highest BCUT2D eigenvalue weighted by Crippen LogP contribution is 2.44. The molecule has 0 saturated carbocycles. The minimum absolute atomic E-state index is 0.00969. The number of hydrogen-bond donors (Lipinski definition) is 3. The van der Waals surface area contributed by atoms with Crippen molar-refractivity contribution in [3.05, 3.63) is 41.4 Å². The third-order valence-corrected chi connectivity index (χ3v) is 9.87. The number of likely N-dealkylation sites (tertiary alicyclic amines) is 1. The molecule has 0 bridgehead atoms. The summed E-state index contributed by atoms with van der Waals surface area (Å²) in [5.74, 6) is -0.609. The van der Waals surface area contributed by atoms with Crippen LogP contribution in [-0.2, 0) is 19.5 Å². The average Bonchev–Trinajstić information content (AvgIpc) is 3.73. The van der Waals surface area contributed by atoms with E-state index in [0.717, 1.165) is 17.8 Å². The second kappa shape index (κ2) is 14.0. The van der Waals surface area contributed by atoms with Crippen LogP contribution in [0.2, 0.25) is 0 Å². The third kappa shape index (κ3) is 7.76. The number of anilines is 1. The fourth-order valence-electron chi connectivity index (χ4n) is 6.36. The fourth-order valence-corrected chi connectivity index (χ4v) is 7.58. The summed E-state index contributed by atoms with van der Waals surface area (Å²) in [5.41, 5.74) is -0.444. The summed E-state index contributed by atoms with van der Waals surface area (Å²) in [6, 6.07) is 4.40. The van der Waals surface area contributed by atoms with E-state index in [4.69, 9.17) is 9.26 Å². The van der Waals surface area contributed by atoms with Crippen molar-refractivity contribution < 1.29 is 36.7 Å². The molecule has 1 amide bonds.